The fraction of sp³-hybridized carbons (Fsp3) is 0.571. The van der Waals surface area contributed by atoms with E-state index in [1.54, 1.807) is 0 Å². The highest BCUT2D eigenvalue weighted by Gasteiger charge is 2.10. The Morgan fingerprint density at radius 3 is 2.00 bits per heavy atom. The van der Waals surface area contributed by atoms with Crippen LogP contribution in [0.4, 0.5) is 0 Å². The van der Waals surface area contributed by atoms with Crippen LogP contribution in [0.2, 0.25) is 0 Å². The lowest BCUT2D eigenvalue weighted by Crippen LogP contribution is -1.96. The van der Waals surface area contributed by atoms with Gasteiger partial charge < -0.3 is 4.74 Å². The highest BCUT2D eigenvalue weighted by Crippen LogP contribution is 2.06. The van der Waals surface area contributed by atoms with E-state index in [2.05, 4.69) is 18.2 Å². The van der Waals surface area contributed by atoms with E-state index in [-0.39, 0.29) is 0 Å². The van der Waals surface area contributed by atoms with Crippen molar-refractivity contribution in [1.82, 2.24) is 0 Å². The normalized spacial score (nSPS) is 13.0. The fourth-order valence-corrected chi connectivity index (χ4v) is 1.37. The summed E-state index contributed by atoms with van der Waals surface area (Å²) in [7, 11) is 0. The molecule has 0 unspecified atom stereocenters. The van der Waals surface area contributed by atoms with E-state index < -0.39 is 11.9 Å². The third-order valence-electron chi connectivity index (χ3n) is 2.32. The molecule has 0 aliphatic carbocycles. The van der Waals surface area contributed by atoms with Crippen molar-refractivity contribution in [3.8, 4) is 0 Å². The van der Waals surface area contributed by atoms with Crippen molar-refractivity contribution in [3.63, 3.8) is 0 Å². The van der Waals surface area contributed by atoms with Gasteiger partial charge in [-0.15, -0.1) is 6.58 Å². The minimum atomic E-state index is -0.579. The van der Waals surface area contributed by atoms with Crippen LogP contribution in [-0.2, 0) is 14.3 Å². The molecule has 0 bridgehead atoms. The number of unbranched alkanes of at least 4 members (excludes halogenated alkanes) is 6. The minimum Gasteiger partial charge on any atom is -0.387 e. The molecular weight excluding hydrogens is 216 g/mol. The number of allylic oxidation sites excluding steroid dienone is 1. The molecule has 0 aromatic heterocycles. The van der Waals surface area contributed by atoms with Gasteiger partial charge in [-0.1, -0.05) is 45.1 Å². The molecule has 0 saturated heterocycles. The first-order chi connectivity index (χ1) is 8.20. The highest BCUT2D eigenvalue weighted by molar-refractivity contribution is 6.04. The van der Waals surface area contributed by atoms with Gasteiger partial charge in [0, 0.05) is 12.2 Å². The third kappa shape index (κ3) is 10.9. The minimum absolute atomic E-state index is 0.579. The first-order valence-corrected chi connectivity index (χ1v) is 6.25. The zero-order valence-corrected chi connectivity index (χ0v) is 10.6. The average Bonchev–Trinajstić information content (AvgIpc) is 2.68. The van der Waals surface area contributed by atoms with Gasteiger partial charge in [0.2, 0.25) is 0 Å². The number of hydrogen-bond acceptors (Lipinski definition) is 3. The second-order valence-corrected chi connectivity index (χ2v) is 3.92. The lowest BCUT2D eigenvalue weighted by atomic mass is 10.1. The Bertz CT molecular complexity index is 251. The molecule has 1 aliphatic heterocycles. The molecule has 0 amide bonds. The summed E-state index contributed by atoms with van der Waals surface area (Å²) in [6, 6.07) is 0. The van der Waals surface area contributed by atoms with Gasteiger partial charge in [0.1, 0.15) is 0 Å². The number of hydrogen-bond donors (Lipinski definition) is 0. The first-order valence-electron chi connectivity index (χ1n) is 6.25. The Labute approximate surface area is 104 Å². The van der Waals surface area contributed by atoms with Crippen LogP contribution in [-0.4, -0.2) is 11.9 Å². The van der Waals surface area contributed by atoms with Crippen molar-refractivity contribution in [2.24, 2.45) is 0 Å². The molecule has 0 saturated carbocycles. The molecule has 1 heterocycles. The Morgan fingerprint density at radius 1 is 1.06 bits per heavy atom. The van der Waals surface area contributed by atoms with E-state index in [9.17, 15) is 9.59 Å². The second-order valence-electron chi connectivity index (χ2n) is 3.92. The van der Waals surface area contributed by atoms with Crippen LogP contribution in [0.1, 0.15) is 51.9 Å². The van der Waals surface area contributed by atoms with Crippen molar-refractivity contribution in [2.75, 3.05) is 0 Å². The van der Waals surface area contributed by atoms with E-state index in [0.29, 0.717) is 0 Å². The maximum Gasteiger partial charge on any atom is 0.338 e. The Morgan fingerprint density at radius 2 is 1.59 bits per heavy atom. The molecule has 3 heteroatoms. The molecule has 3 nitrogen and oxygen atoms in total. The van der Waals surface area contributed by atoms with Crippen LogP contribution < -0.4 is 0 Å². The number of carbonyl (C=O) groups is 2. The zero-order chi connectivity index (χ0) is 12.9. The van der Waals surface area contributed by atoms with Crippen LogP contribution >= 0.6 is 0 Å². The molecule has 1 aliphatic rings. The molecule has 0 atom stereocenters. The van der Waals surface area contributed by atoms with Crippen LogP contribution in [0.15, 0.2) is 24.8 Å². The summed E-state index contributed by atoms with van der Waals surface area (Å²) in [4.78, 5) is 19.8. The summed E-state index contributed by atoms with van der Waals surface area (Å²) in [5, 5.41) is 0. The highest BCUT2D eigenvalue weighted by atomic mass is 16.6. The van der Waals surface area contributed by atoms with Gasteiger partial charge in [0.15, 0.2) is 0 Å². The maximum atomic E-state index is 9.92. The third-order valence-corrected chi connectivity index (χ3v) is 2.32. The summed E-state index contributed by atoms with van der Waals surface area (Å²) in [5.74, 6) is -1.16. The Kier molecular flexibility index (Phi) is 10.2. The zero-order valence-electron chi connectivity index (χ0n) is 10.6. The summed E-state index contributed by atoms with van der Waals surface area (Å²) >= 11 is 0. The van der Waals surface area contributed by atoms with Crippen molar-refractivity contribution in [2.45, 2.75) is 51.9 Å². The predicted octanol–water partition coefficient (Wildman–Crippen LogP) is 3.55. The molecule has 0 aromatic carbocycles. The standard InChI is InChI=1S/C10H20.C4H2O3/c1-3-5-7-9-10-8-6-4-2;5-3-1-2-4(6)7-3/h3H,1,4-10H2,2H3;1-2H. The summed E-state index contributed by atoms with van der Waals surface area (Å²) in [6.45, 7) is 5.95. The van der Waals surface area contributed by atoms with E-state index in [4.69, 9.17) is 0 Å². The monoisotopic (exact) mass is 238 g/mol. The maximum absolute atomic E-state index is 9.92. The van der Waals surface area contributed by atoms with Crippen molar-refractivity contribution >= 4 is 11.9 Å². The van der Waals surface area contributed by atoms with Gasteiger partial charge in [0.25, 0.3) is 0 Å². The van der Waals surface area contributed by atoms with E-state index >= 15 is 0 Å². The molecule has 17 heavy (non-hydrogen) atoms. The predicted molar refractivity (Wildman–Crippen MR) is 68.4 cm³/mol. The molecule has 0 aromatic rings. The van der Waals surface area contributed by atoms with Gasteiger partial charge in [-0.2, -0.15) is 0 Å². The summed E-state index contributed by atoms with van der Waals surface area (Å²) in [5.41, 5.74) is 0. The van der Waals surface area contributed by atoms with Crippen molar-refractivity contribution < 1.29 is 14.3 Å². The van der Waals surface area contributed by atoms with E-state index in [1.807, 2.05) is 6.08 Å². The number of carbonyl (C=O) groups excluding carboxylic acids is 2. The quantitative estimate of drug-likeness (QED) is 0.295. The van der Waals surface area contributed by atoms with Crippen LogP contribution in [0.5, 0.6) is 0 Å². The fourth-order valence-electron chi connectivity index (χ4n) is 1.37. The first kappa shape index (κ1) is 15.6. The lowest BCUT2D eigenvalue weighted by Gasteiger charge is -1.96. The molecule has 0 radical (unpaired) electrons. The average molecular weight is 238 g/mol. The van der Waals surface area contributed by atoms with Gasteiger partial charge in [-0.05, 0) is 12.8 Å². The molecule has 1 rings (SSSR count). The van der Waals surface area contributed by atoms with Gasteiger partial charge >= 0.3 is 11.9 Å². The lowest BCUT2D eigenvalue weighted by molar-refractivity contribution is -0.150. The van der Waals surface area contributed by atoms with Gasteiger partial charge in [-0.3, -0.25) is 0 Å². The number of esters is 2. The van der Waals surface area contributed by atoms with E-state index in [0.717, 1.165) is 12.2 Å². The van der Waals surface area contributed by atoms with Crippen molar-refractivity contribution in [1.29, 1.82) is 0 Å². The number of cyclic esters (lactones) is 2. The topological polar surface area (TPSA) is 43.4 Å². The second kappa shape index (κ2) is 11.1. The Hall–Kier alpha value is -1.38. The molecule has 0 spiro atoms. The van der Waals surface area contributed by atoms with Gasteiger partial charge in [0.05, 0.1) is 0 Å². The summed E-state index contributed by atoms with van der Waals surface area (Å²) < 4.78 is 3.97. The van der Waals surface area contributed by atoms with Crippen LogP contribution in [0, 0.1) is 0 Å². The molecule has 96 valence electrons. The summed E-state index contributed by atoms with van der Waals surface area (Å²) in [6.07, 6.45) is 13.7. The smallest absolute Gasteiger partial charge is 0.338 e. The number of rotatable bonds is 7. The van der Waals surface area contributed by atoms with E-state index in [1.165, 1.54) is 44.9 Å². The molecule has 0 fully saturated rings. The SMILES string of the molecule is C=CCCCCCCCC.O=C1C=CC(=O)O1. The Balaban J connectivity index is 0.000000318. The van der Waals surface area contributed by atoms with Crippen LogP contribution in [0.3, 0.4) is 0 Å². The largest absolute Gasteiger partial charge is 0.387 e. The van der Waals surface area contributed by atoms with Crippen molar-refractivity contribution in [3.05, 3.63) is 24.8 Å². The van der Waals surface area contributed by atoms with Crippen LogP contribution in [0.25, 0.3) is 0 Å². The number of ether oxygens (including phenoxy) is 1. The van der Waals surface area contributed by atoms with Gasteiger partial charge in [-0.25, -0.2) is 9.59 Å². The molecule has 0 N–H and O–H groups in total. The molecular formula is C14H22O3.